The van der Waals surface area contributed by atoms with E-state index in [0.29, 0.717) is 5.25 Å². The summed E-state index contributed by atoms with van der Waals surface area (Å²) in [6.07, 6.45) is 4.91. The Balaban J connectivity index is 0.000000172. The number of alkyl halides is 3. The molecule has 1 aliphatic rings. The predicted octanol–water partition coefficient (Wildman–Crippen LogP) is 1.65. The number of aromatic nitrogens is 2. The van der Waals surface area contributed by atoms with Gasteiger partial charge in [0.1, 0.15) is 0 Å². The fourth-order valence-electron chi connectivity index (χ4n) is 1.20. The molecule has 2 rings (SSSR count). The van der Waals surface area contributed by atoms with Crippen LogP contribution in [0.4, 0.5) is 13.2 Å². The lowest BCUT2D eigenvalue weighted by Gasteiger charge is -1.97. The normalized spacial score (nSPS) is 19.5. The van der Waals surface area contributed by atoms with E-state index in [1.165, 1.54) is 5.69 Å². The van der Waals surface area contributed by atoms with Crippen molar-refractivity contribution in [1.82, 2.24) is 9.55 Å². The van der Waals surface area contributed by atoms with Gasteiger partial charge in [-0.1, -0.05) is 0 Å². The smallest absolute Gasteiger partial charge is 0.334 e. The maximum atomic E-state index is 10.7. The van der Waals surface area contributed by atoms with E-state index in [0.717, 1.165) is 13.0 Å². The standard InChI is InChI=1S/C6H8N2S.CHF3O3S/c9-6-1-2-8-4-7-3-5(6)8;2-1(3,4)8(5,6)7/h3-4,6,9H,1-2H2;(H,5,6,7). The molecule has 5 nitrogen and oxygen atoms in total. The third-order valence-corrected chi connectivity index (χ3v) is 3.13. The maximum Gasteiger partial charge on any atom is 0.522 e. The summed E-state index contributed by atoms with van der Waals surface area (Å²) in [7, 11) is -5.84. The molecule has 1 N–H and O–H groups in total. The molecule has 0 aliphatic carbocycles. The highest BCUT2D eigenvalue weighted by atomic mass is 32.2. The fraction of sp³-hybridized carbons (Fsp3) is 0.571. The Labute approximate surface area is 101 Å². The van der Waals surface area contributed by atoms with Crippen molar-refractivity contribution < 1.29 is 26.1 Å². The SMILES string of the molecule is O=S(=O)(O)C(F)(F)F.SC1CCn2cncc21. The van der Waals surface area contributed by atoms with Crippen LogP contribution in [0, 0.1) is 0 Å². The monoisotopic (exact) mass is 290 g/mol. The van der Waals surface area contributed by atoms with Gasteiger partial charge in [-0.25, -0.2) is 4.98 Å². The van der Waals surface area contributed by atoms with Crippen molar-refractivity contribution in [1.29, 1.82) is 0 Å². The molecule has 1 unspecified atom stereocenters. The molecule has 17 heavy (non-hydrogen) atoms. The molecule has 0 radical (unpaired) electrons. The Morgan fingerprint density at radius 3 is 2.47 bits per heavy atom. The van der Waals surface area contributed by atoms with Crippen LogP contribution in [0.5, 0.6) is 0 Å². The predicted molar refractivity (Wildman–Crippen MR) is 56.2 cm³/mol. The van der Waals surface area contributed by atoms with Gasteiger partial charge in [-0.05, 0) is 6.42 Å². The summed E-state index contributed by atoms with van der Waals surface area (Å²) >= 11 is 4.38. The molecular weight excluding hydrogens is 281 g/mol. The zero-order valence-corrected chi connectivity index (χ0v) is 10.0. The number of aryl methyl sites for hydroxylation is 1. The van der Waals surface area contributed by atoms with Gasteiger partial charge in [0.25, 0.3) is 0 Å². The molecule has 0 saturated carbocycles. The molecule has 0 fully saturated rings. The third kappa shape index (κ3) is 3.61. The first-order valence-corrected chi connectivity index (χ1v) is 6.30. The summed E-state index contributed by atoms with van der Waals surface area (Å²) in [5.41, 5.74) is -4.27. The van der Waals surface area contributed by atoms with Crippen LogP contribution < -0.4 is 0 Å². The van der Waals surface area contributed by atoms with Gasteiger partial charge in [-0.3, -0.25) is 4.55 Å². The summed E-state index contributed by atoms with van der Waals surface area (Å²) < 4.78 is 59.7. The van der Waals surface area contributed by atoms with Crippen molar-refractivity contribution in [3.8, 4) is 0 Å². The van der Waals surface area contributed by atoms with Gasteiger partial charge >= 0.3 is 15.6 Å². The van der Waals surface area contributed by atoms with Crippen molar-refractivity contribution in [2.24, 2.45) is 0 Å². The van der Waals surface area contributed by atoms with Gasteiger partial charge in [0.15, 0.2) is 0 Å². The first-order valence-electron chi connectivity index (χ1n) is 4.35. The second-order valence-electron chi connectivity index (χ2n) is 3.24. The molecule has 0 aromatic carbocycles. The lowest BCUT2D eigenvalue weighted by Crippen LogP contribution is -2.21. The molecule has 1 aromatic heterocycles. The summed E-state index contributed by atoms with van der Waals surface area (Å²) in [4.78, 5) is 4.01. The van der Waals surface area contributed by atoms with E-state index < -0.39 is 15.6 Å². The van der Waals surface area contributed by atoms with Gasteiger partial charge in [-0.2, -0.15) is 34.2 Å². The lowest BCUT2D eigenvalue weighted by atomic mass is 10.3. The summed E-state index contributed by atoms with van der Waals surface area (Å²) in [6.45, 7) is 1.09. The Morgan fingerprint density at radius 1 is 1.53 bits per heavy atom. The Kier molecular flexibility index (Phi) is 4.10. The van der Waals surface area contributed by atoms with E-state index in [2.05, 4.69) is 22.2 Å². The number of hydrogen-bond donors (Lipinski definition) is 2. The highest BCUT2D eigenvalue weighted by Gasteiger charge is 2.44. The van der Waals surface area contributed by atoms with Gasteiger partial charge in [-0.15, -0.1) is 0 Å². The van der Waals surface area contributed by atoms with Crippen molar-refractivity contribution in [2.75, 3.05) is 0 Å². The summed E-state index contributed by atoms with van der Waals surface area (Å²) in [5, 5.41) is 0.424. The highest BCUT2D eigenvalue weighted by Crippen LogP contribution is 2.29. The Hall–Kier alpha value is -0.740. The number of halogens is 3. The van der Waals surface area contributed by atoms with E-state index in [4.69, 9.17) is 13.0 Å². The van der Waals surface area contributed by atoms with Crippen molar-refractivity contribution in [3.05, 3.63) is 18.2 Å². The molecular formula is C7H9F3N2O3S2. The van der Waals surface area contributed by atoms with Gasteiger partial charge < -0.3 is 4.57 Å². The van der Waals surface area contributed by atoms with Crippen LogP contribution in [-0.2, 0) is 16.7 Å². The Bertz CT molecular complexity index is 483. The maximum absolute atomic E-state index is 10.7. The number of thiol groups is 1. The molecule has 0 saturated heterocycles. The minimum atomic E-state index is -5.84. The van der Waals surface area contributed by atoms with Crippen LogP contribution in [-0.4, -0.2) is 28.0 Å². The number of imidazole rings is 1. The molecule has 98 valence electrons. The minimum absolute atomic E-state index is 0.424. The van der Waals surface area contributed by atoms with E-state index in [1.807, 2.05) is 12.5 Å². The number of fused-ring (bicyclic) bond motifs is 1. The van der Waals surface area contributed by atoms with Crippen LogP contribution in [0.25, 0.3) is 0 Å². The average molecular weight is 290 g/mol. The Morgan fingerprint density at radius 2 is 2.06 bits per heavy atom. The van der Waals surface area contributed by atoms with Crippen molar-refractivity contribution in [3.63, 3.8) is 0 Å². The van der Waals surface area contributed by atoms with Crippen LogP contribution in [0.1, 0.15) is 17.4 Å². The molecule has 1 aliphatic heterocycles. The van der Waals surface area contributed by atoms with E-state index in [-0.39, 0.29) is 0 Å². The second-order valence-corrected chi connectivity index (χ2v) is 5.27. The van der Waals surface area contributed by atoms with Crippen LogP contribution in [0.15, 0.2) is 12.5 Å². The molecule has 1 atom stereocenters. The van der Waals surface area contributed by atoms with Crippen LogP contribution in [0.2, 0.25) is 0 Å². The molecule has 2 heterocycles. The first kappa shape index (κ1) is 14.3. The number of hydrogen-bond acceptors (Lipinski definition) is 4. The van der Waals surface area contributed by atoms with Gasteiger partial charge in [0.2, 0.25) is 0 Å². The molecule has 0 amide bonds. The average Bonchev–Trinajstić information content (AvgIpc) is 2.69. The second kappa shape index (κ2) is 4.86. The molecule has 10 heteroatoms. The van der Waals surface area contributed by atoms with Crippen molar-refractivity contribution >= 4 is 22.7 Å². The number of nitrogens with zero attached hydrogens (tertiary/aromatic N) is 2. The number of rotatable bonds is 0. The van der Waals surface area contributed by atoms with E-state index >= 15 is 0 Å². The van der Waals surface area contributed by atoms with Gasteiger partial charge in [0.05, 0.1) is 12.0 Å². The topological polar surface area (TPSA) is 72.2 Å². The largest absolute Gasteiger partial charge is 0.522 e. The minimum Gasteiger partial charge on any atom is -0.334 e. The van der Waals surface area contributed by atoms with Crippen LogP contribution in [0.3, 0.4) is 0 Å². The van der Waals surface area contributed by atoms with Crippen molar-refractivity contribution in [2.45, 2.75) is 23.7 Å². The lowest BCUT2D eigenvalue weighted by molar-refractivity contribution is -0.0510. The van der Waals surface area contributed by atoms with Crippen LogP contribution >= 0.6 is 12.6 Å². The van der Waals surface area contributed by atoms with E-state index in [1.54, 1.807) is 0 Å². The first-order chi connectivity index (χ1) is 7.63. The zero-order chi connectivity index (χ0) is 13.3. The summed E-state index contributed by atoms with van der Waals surface area (Å²) in [5.74, 6) is 0. The van der Waals surface area contributed by atoms with E-state index in [9.17, 15) is 13.2 Å². The molecule has 0 bridgehead atoms. The fourth-order valence-corrected chi connectivity index (χ4v) is 1.53. The third-order valence-electron chi connectivity index (χ3n) is 2.02. The molecule has 1 aromatic rings. The quantitative estimate of drug-likeness (QED) is 0.433. The zero-order valence-electron chi connectivity index (χ0n) is 8.29. The molecule has 0 spiro atoms. The highest BCUT2D eigenvalue weighted by molar-refractivity contribution is 7.86. The summed E-state index contributed by atoms with van der Waals surface area (Å²) in [6, 6.07) is 0. The van der Waals surface area contributed by atoms with Gasteiger partial charge in [0, 0.05) is 18.0 Å².